The van der Waals surface area contributed by atoms with Crippen LogP contribution in [0.2, 0.25) is 0 Å². The van der Waals surface area contributed by atoms with Crippen LogP contribution in [0.4, 0.5) is 10.1 Å². The maximum Gasteiger partial charge on any atom is 0.144 e. The van der Waals surface area contributed by atoms with E-state index in [1.165, 1.54) is 12.1 Å². The predicted octanol–water partition coefficient (Wildman–Crippen LogP) is 3.76. The van der Waals surface area contributed by atoms with Crippen molar-refractivity contribution in [1.29, 1.82) is 0 Å². The topological polar surface area (TPSA) is 44.5 Å². The lowest BCUT2D eigenvalue weighted by Gasteiger charge is -2.10. The van der Waals surface area contributed by atoms with Gasteiger partial charge in [-0.05, 0) is 39.7 Å². The molecule has 0 saturated heterocycles. The lowest BCUT2D eigenvalue weighted by Crippen LogP contribution is -2.00. The summed E-state index contributed by atoms with van der Waals surface area (Å²) in [6, 6.07) is 10.3. The van der Waals surface area contributed by atoms with E-state index < -0.39 is 5.82 Å². The van der Waals surface area contributed by atoms with Gasteiger partial charge in [-0.2, -0.15) is 0 Å². The molecule has 5 heteroatoms. The van der Waals surface area contributed by atoms with Crippen LogP contribution in [0.15, 0.2) is 40.9 Å². The first kappa shape index (κ1) is 13.7. The first-order chi connectivity index (χ1) is 9.10. The molecule has 0 radical (unpaired) electrons. The second-order valence-corrected chi connectivity index (χ2v) is 4.80. The van der Waals surface area contributed by atoms with Gasteiger partial charge in [0.1, 0.15) is 23.9 Å². The monoisotopic (exact) mass is 325 g/mol. The number of rotatable bonds is 4. The zero-order chi connectivity index (χ0) is 13.8. The van der Waals surface area contributed by atoms with Gasteiger partial charge in [-0.15, -0.1) is 0 Å². The van der Waals surface area contributed by atoms with Crippen molar-refractivity contribution in [1.82, 2.24) is 0 Å². The number of nitrogen functional groups attached to an aromatic ring is 1. The molecule has 0 aromatic heterocycles. The molecule has 0 heterocycles. The van der Waals surface area contributed by atoms with E-state index in [-0.39, 0.29) is 5.69 Å². The molecule has 0 aliphatic carbocycles. The third-order valence-corrected chi connectivity index (χ3v) is 3.19. The Morgan fingerprint density at radius 1 is 1.26 bits per heavy atom. The van der Waals surface area contributed by atoms with E-state index in [0.29, 0.717) is 16.8 Å². The van der Waals surface area contributed by atoms with Gasteiger partial charge in [-0.3, -0.25) is 0 Å². The third kappa shape index (κ3) is 3.38. The summed E-state index contributed by atoms with van der Waals surface area (Å²) < 4.78 is 24.3. The fourth-order valence-corrected chi connectivity index (χ4v) is 1.91. The smallest absolute Gasteiger partial charge is 0.144 e. The van der Waals surface area contributed by atoms with Crippen molar-refractivity contribution in [3.05, 3.63) is 52.3 Å². The first-order valence-electron chi connectivity index (χ1n) is 5.60. The van der Waals surface area contributed by atoms with Gasteiger partial charge in [0.15, 0.2) is 0 Å². The molecule has 2 rings (SSSR count). The molecule has 0 aliphatic heterocycles. The summed E-state index contributed by atoms with van der Waals surface area (Å²) in [5.41, 5.74) is 6.91. The number of hydrogen-bond acceptors (Lipinski definition) is 3. The average Bonchev–Trinajstić information content (AvgIpc) is 2.41. The molecule has 19 heavy (non-hydrogen) atoms. The number of benzene rings is 2. The molecule has 0 saturated carbocycles. The fourth-order valence-electron chi connectivity index (χ4n) is 1.59. The van der Waals surface area contributed by atoms with Gasteiger partial charge in [0.05, 0.1) is 17.3 Å². The van der Waals surface area contributed by atoms with Crippen LogP contribution in [0.5, 0.6) is 11.5 Å². The van der Waals surface area contributed by atoms with Crippen LogP contribution in [0.1, 0.15) is 5.56 Å². The summed E-state index contributed by atoms with van der Waals surface area (Å²) in [7, 11) is 1.61. The van der Waals surface area contributed by atoms with Gasteiger partial charge in [0.25, 0.3) is 0 Å². The molecule has 0 spiro atoms. The lowest BCUT2D eigenvalue weighted by atomic mass is 10.2. The van der Waals surface area contributed by atoms with Crippen molar-refractivity contribution >= 4 is 21.6 Å². The quantitative estimate of drug-likeness (QED) is 0.870. The SMILES string of the molecule is COc1cccc(COc2cc(Br)c(F)cc2N)c1. The zero-order valence-corrected chi connectivity index (χ0v) is 11.9. The van der Waals surface area contributed by atoms with Gasteiger partial charge < -0.3 is 15.2 Å². The van der Waals surface area contributed by atoms with E-state index in [1.54, 1.807) is 7.11 Å². The Morgan fingerprint density at radius 3 is 2.79 bits per heavy atom. The summed E-state index contributed by atoms with van der Waals surface area (Å²) in [5.74, 6) is 0.789. The van der Waals surface area contributed by atoms with Crippen molar-refractivity contribution in [3.63, 3.8) is 0 Å². The average molecular weight is 326 g/mol. The standard InChI is InChI=1S/C14H13BrFNO2/c1-18-10-4-2-3-9(5-10)8-19-14-6-11(15)12(16)7-13(14)17/h2-7H,8,17H2,1H3. The Bertz CT molecular complexity index is 590. The Morgan fingerprint density at radius 2 is 2.05 bits per heavy atom. The maximum atomic E-state index is 13.2. The van der Waals surface area contributed by atoms with E-state index in [0.717, 1.165) is 11.3 Å². The highest BCUT2D eigenvalue weighted by Gasteiger charge is 2.07. The minimum Gasteiger partial charge on any atom is -0.497 e. The molecular weight excluding hydrogens is 313 g/mol. The summed E-state index contributed by atoms with van der Waals surface area (Å²) in [6.07, 6.45) is 0. The van der Waals surface area contributed by atoms with Gasteiger partial charge in [0.2, 0.25) is 0 Å². The number of methoxy groups -OCH3 is 1. The van der Waals surface area contributed by atoms with E-state index in [9.17, 15) is 4.39 Å². The third-order valence-electron chi connectivity index (χ3n) is 2.58. The second-order valence-electron chi connectivity index (χ2n) is 3.94. The number of ether oxygens (including phenoxy) is 2. The number of halogens is 2. The molecule has 0 unspecified atom stereocenters. The molecule has 2 aromatic rings. The van der Waals surface area contributed by atoms with Crippen LogP contribution in [-0.2, 0) is 6.61 Å². The normalized spacial score (nSPS) is 10.3. The van der Waals surface area contributed by atoms with Crippen LogP contribution in [0, 0.1) is 5.82 Å². The lowest BCUT2D eigenvalue weighted by molar-refractivity contribution is 0.306. The fraction of sp³-hybridized carbons (Fsp3) is 0.143. The second kappa shape index (κ2) is 5.93. The molecule has 100 valence electrons. The maximum absolute atomic E-state index is 13.2. The number of nitrogens with two attached hydrogens (primary N) is 1. The highest BCUT2D eigenvalue weighted by Crippen LogP contribution is 2.29. The highest BCUT2D eigenvalue weighted by molar-refractivity contribution is 9.10. The van der Waals surface area contributed by atoms with Crippen LogP contribution in [0.25, 0.3) is 0 Å². The summed E-state index contributed by atoms with van der Waals surface area (Å²) in [4.78, 5) is 0. The molecule has 3 nitrogen and oxygen atoms in total. The van der Waals surface area contributed by atoms with E-state index in [4.69, 9.17) is 15.2 Å². The molecule has 0 fully saturated rings. The van der Waals surface area contributed by atoms with Crippen LogP contribution < -0.4 is 15.2 Å². The summed E-state index contributed by atoms with van der Waals surface area (Å²) in [6.45, 7) is 0.333. The molecular formula is C14H13BrFNO2. The van der Waals surface area contributed by atoms with Gasteiger partial charge in [-0.1, -0.05) is 12.1 Å². The van der Waals surface area contributed by atoms with Crippen molar-refractivity contribution in [2.75, 3.05) is 12.8 Å². The number of anilines is 1. The first-order valence-corrected chi connectivity index (χ1v) is 6.39. The van der Waals surface area contributed by atoms with Crippen molar-refractivity contribution in [2.45, 2.75) is 6.61 Å². The molecule has 2 N–H and O–H groups in total. The highest BCUT2D eigenvalue weighted by atomic mass is 79.9. The molecule has 0 aliphatic rings. The van der Waals surface area contributed by atoms with Gasteiger partial charge >= 0.3 is 0 Å². The van der Waals surface area contributed by atoms with Crippen LogP contribution >= 0.6 is 15.9 Å². The van der Waals surface area contributed by atoms with Crippen molar-refractivity contribution in [3.8, 4) is 11.5 Å². The van der Waals surface area contributed by atoms with Crippen molar-refractivity contribution < 1.29 is 13.9 Å². The summed E-state index contributed by atoms with van der Waals surface area (Å²) >= 11 is 3.10. The summed E-state index contributed by atoms with van der Waals surface area (Å²) in [5, 5.41) is 0. The Balaban J connectivity index is 2.12. The van der Waals surface area contributed by atoms with Crippen molar-refractivity contribution in [2.24, 2.45) is 0 Å². The van der Waals surface area contributed by atoms with E-state index in [2.05, 4.69) is 15.9 Å². The van der Waals surface area contributed by atoms with Gasteiger partial charge in [0, 0.05) is 6.07 Å². The Labute approximate surface area is 119 Å². The Hall–Kier alpha value is -1.75. The Kier molecular flexibility index (Phi) is 4.27. The molecule has 0 atom stereocenters. The number of hydrogen-bond donors (Lipinski definition) is 1. The van der Waals surface area contributed by atoms with Gasteiger partial charge in [-0.25, -0.2) is 4.39 Å². The largest absolute Gasteiger partial charge is 0.497 e. The van der Waals surface area contributed by atoms with Crippen LogP contribution in [0.3, 0.4) is 0 Å². The molecule has 0 bridgehead atoms. The molecule has 2 aromatic carbocycles. The predicted molar refractivity (Wildman–Crippen MR) is 75.8 cm³/mol. The van der Waals surface area contributed by atoms with Crippen LogP contribution in [-0.4, -0.2) is 7.11 Å². The molecule has 0 amide bonds. The minimum absolute atomic E-state index is 0.267. The minimum atomic E-state index is -0.411. The van der Waals surface area contributed by atoms with E-state index in [1.807, 2.05) is 24.3 Å². The zero-order valence-electron chi connectivity index (χ0n) is 10.3. The van der Waals surface area contributed by atoms with E-state index >= 15 is 0 Å².